The van der Waals surface area contributed by atoms with Crippen LogP contribution in [0.3, 0.4) is 0 Å². The van der Waals surface area contributed by atoms with E-state index in [0.29, 0.717) is 13.8 Å². The summed E-state index contributed by atoms with van der Waals surface area (Å²) in [4.78, 5) is 12.5. The summed E-state index contributed by atoms with van der Waals surface area (Å²) in [6.45, 7) is 1.87. The molecule has 0 saturated heterocycles. The molecule has 168 valence electrons. The monoisotopic (exact) mass is 428 g/mol. The molecule has 0 aromatic heterocycles. The van der Waals surface area contributed by atoms with Crippen molar-refractivity contribution >= 4 is 5.97 Å². The number of esters is 1. The molecule has 0 saturated carbocycles. The number of halogens is 6. The second-order valence-electron chi connectivity index (χ2n) is 6.80. The molecule has 0 spiro atoms. The summed E-state index contributed by atoms with van der Waals surface area (Å²) >= 11 is 0. The summed E-state index contributed by atoms with van der Waals surface area (Å²) in [6, 6.07) is 0. The van der Waals surface area contributed by atoms with Gasteiger partial charge in [-0.15, -0.1) is 0 Å². The second-order valence-corrected chi connectivity index (χ2v) is 6.80. The van der Waals surface area contributed by atoms with Crippen molar-refractivity contribution in [2.24, 2.45) is 5.41 Å². The molecular formula is C16H26F6O6. The lowest BCUT2D eigenvalue weighted by molar-refractivity contribution is -0.429. The van der Waals surface area contributed by atoms with Gasteiger partial charge in [-0.2, -0.15) is 26.3 Å². The second kappa shape index (κ2) is 9.59. The highest BCUT2D eigenvalue weighted by atomic mass is 19.4. The Labute approximate surface area is 159 Å². The summed E-state index contributed by atoms with van der Waals surface area (Å²) in [5.41, 5.74) is -9.52. The third kappa shape index (κ3) is 5.49. The zero-order valence-corrected chi connectivity index (χ0v) is 16.5. The van der Waals surface area contributed by atoms with Crippen LogP contribution in [0.2, 0.25) is 0 Å². The van der Waals surface area contributed by atoms with E-state index in [-0.39, 0.29) is 19.8 Å². The maximum absolute atomic E-state index is 13.6. The van der Waals surface area contributed by atoms with Gasteiger partial charge in [-0.25, -0.2) is 0 Å². The predicted octanol–water partition coefficient (Wildman–Crippen LogP) is 3.83. The highest BCUT2D eigenvalue weighted by Crippen LogP contribution is 2.53. The highest BCUT2D eigenvalue weighted by molar-refractivity contribution is 5.77. The van der Waals surface area contributed by atoms with Gasteiger partial charge in [0.2, 0.25) is 0 Å². The molecule has 0 aliphatic rings. The van der Waals surface area contributed by atoms with E-state index in [1.807, 2.05) is 0 Å². The fourth-order valence-corrected chi connectivity index (χ4v) is 2.41. The third-order valence-electron chi connectivity index (χ3n) is 4.28. The molecule has 0 aliphatic carbocycles. The van der Waals surface area contributed by atoms with Gasteiger partial charge < -0.3 is 23.7 Å². The Morgan fingerprint density at radius 2 is 1.32 bits per heavy atom. The number of carbonyl (C=O) groups is 1. The number of carbonyl (C=O) groups excluding carboxylic acids is 1. The van der Waals surface area contributed by atoms with Gasteiger partial charge in [0.1, 0.15) is 13.6 Å². The number of ether oxygens (including phenoxy) is 5. The minimum Gasteiger partial charge on any atom is -0.455 e. The minimum absolute atomic E-state index is 0.0234. The van der Waals surface area contributed by atoms with E-state index >= 15 is 0 Å². The molecule has 6 nitrogen and oxygen atoms in total. The fraction of sp³-hybridized carbons (Fsp3) is 0.938. The molecule has 1 unspecified atom stereocenters. The number of alkyl halides is 6. The summed E-state index contributed by atoms with van der Waals surface area (Å²) in [6.07, 6.45) is -11.9. The lowest BCUT2D eigenvalue weighted by Crippen LogP contribution is -2.71. The van der Waals surface area contributed by atoms with Crippen molar-refractivity contribution in [1.29, 1.82) is 0 Å². The molecule has 0 aromatic rings. The van der Waals surface area contributed by atoms with Crippen LogP contribution in [0.15, 0.2) is 0 Å². The van der Waals surface area contributed by atoms with Gasteiger partial charge in [-0.05, 0) is 27.2 Å². The average molecular weight is 428 g/mol. The normalized spacial score (nSPS) is 16.0. The number of hydrogen-bond donors (Lipinski definition) is 0. The van der Waals surface area contributed by atoms with Crippen molar-refractivity contribution in [2.45, 2.75) is 57.7 Å². The quantitative estimate of drug-likeness (QED) is 0.216. The van der Waals surface area contributed by atoms with Crippen LogP contribution in [-0.2, 0) is 28.5 Å². The Bertz CT molecular complexity index is 491. The van der Waals surface area contributed by atoms with Gasteiger partial charge in [-0.1, -0.05) is 6.92 Å². The molecule has 0 rings (SSSR count). The van der Waals surface area contributed by atoms with E-state index in [1.54, 1.807) is 0 Å². The van der Waals surface area contributed by atoms with Crippen LogP contribution in [0.1, 0.15) is 34.1 Å². The van der Waals surface area contributed by atoms with E-state index in [9.17, 15) is 31.1 Å². The maximum atomic E-state index is 13.6. The Morgan fingerprint density at radius 1 is 0.857 bits per heavy atom. The average Bonchev–Trinajstić information content (AvgIpc) is 2.52. The molecule has 0 bridgehead atoms. The topological polar surface area (TPSA) is 63.2 Å². The fourth-order valence-electron chi connectivity index (χ4n) is 2.41. The Kier molecular flexibility index (Phi) is 9.21. The van der Waals surface area contributed by atoms with Gasteiger partial charge >= 0.3 is 23.9 Å². The SMILES string of the molecule is CCC(C)(COCOC)C(=O)OC(C)(C)C(OCOC)(C(F)(F)F)C(F)(F)F. The zero-order chi connectivity index (χ0) is 22.4. The molecule has 0 aliphatic heterocycles. The number of methoxy groups -OCH3 is 2. The van der Waals surface area contributed by atoms with Crippen LogP contribution in [0.25, 0.3) is 0 Å². The minimum atomic E-state index is -5.97. The maximum Gasteiger partial charge on any atom is 0.430 e. The first kappa shape index (κ1) is 26.9. The van der Waals surface area contributed by atoms with Crippen molar-refractivity contribution in [3.63, 3.8) is 0 Å². The molecule has 1 atom stereocenters. The standard InChI is InChI=1S/C16H26F6O6/c1-7-13(4,8-26-9-24-5)11(23)28-12(2,3)14(15(17,18)19,16(20,21)22)27-10-25-6/h7-10H2,1-6H3. The Morgan fingerprint density at radius 3 is 1.68 bits per heavy atom. The van der Waals surface area contributed by atoms with E-state index in [0.717, 1.165) is 7.11 Å². The van der Waals surface area contributed by atoms with Gasteiger partial charge in [0.25, 0.3) is 0 Å². The van der Waals surface area contributed by atoms with Gasteiger partial charge in [0.05, 0.1) is 12.0 Å². The van der Waals surface area contributed by atoms with E-state index in [2.05, 4.69) is 14.2 Å². The third-order valence-corrected chi connectivity index (χ3v) is 4.28. The smallest absolute Gasteiger partial charge is 0.430 e. The summed E-state index contributed by atoms with van der Waals surface area (Å²) in [5, 5.41) is 0. The molecule has 0 radical (unpaired) electrons. The first-order chi connectivity index (χ1) is 12.6. The van der Waals surface area contributed by atoms with E-state index < -0.39 is 41.7 Å². The van der Waals surface area contributed by atoms with Crippen LogP contribution < -0.4 is 0 Å². The summed E-state index contributed by atoms with van der Waals surface area (Å²) in [7, 11) is 2.16. The molecule has 0 fully saturated rings. The van der Waals surface area contributed by atoms with Crippen molar-refractivity contribution < 1.29 is 54.8 Å². The predicted molar refractivity (Wildman–Crippen MR) is 84.2 cm³/mol. The van der Waals surface area contributed by atoms with E-state index in [4.69, 9.17) is 9.47 Å². The lowest BCUT2D eigenvalue weighted by Gasteiger charge is -2.47. The van der Waals surface area contributed by atoms with Gasteiger partial charge in [-0.3, -0.25) is 4.79 Å². The first-order valence-electron chi connectivity index (χ1n) is 8.12. The molecule has 12 heteroatoms. The van der Waals surface area contributed by atoms with Crippen LogP contribution in [0.4, 0.5) is 26.3 Å². The van der Waals surface area contributed by atoms with Crippen molar-refractivity contribution in [3.05, 3.63) is 0 Å². The van der Waals surface area contributed by atoms with Crippen LogP contribution in [0, 0.1) is 5.41 Å². The van der Waals surface area contributed by atoms with Crippen LogP contribution >= 0.6 is 0 Å². The number of hydrogen-bond acceptors (Lipinski definition) is 6. The van der Waals surface area contributed by atoms with Crippen molar-refractivity contribution in [2.75, 3.05) is 34.4 Å². The van der Waals surface area contributed by atoms with Crippen molar-refractivity contribution in [3.8, 4) is 0 Å². The molecule has 0 aromatic carbocycles. The summed E-state index contributed by atoms with van der Waals surface area (Å²) in [5.74, 6) is -1.31. The van der Waals surface area contributed by atoms with Crippen molar-refractivity contribution in [1.82, 2.24) is 0 Å². The lowest BCUT2D eigenvalue weighted by atomic mass is 9.82. The molecule has 0 N–H and O–H groups in total. The first-order valence-corrected chi connectivity index (χ1v) is 8.12. The highest BCUT2D eigenvalue weighted by Gasteiger charge is 2.80. The molecule has 0 amide bonds. The van der Waals surface area contributed by atoms with E-state index in [1.165, 1.54) is 21.0 Å². The van der Waals surface area contributed by atoms with Gasteiger partial charge in [0, 0.05) is 14.2 Å². The zero-order valence-electron chi connectivity index (χ0n) is 16.5. The van der Waals surface area contributed by atoms with Crippen LogP contribution in [-0.4, -0.2) is 63.9 Å². The largest absolute Gasteiger partial charge is 0.455 e. The Hall–Kier alpha value is -1.11. The molecule has 0 heterocycles. The van der Waals surface area contributed by atoms with Crippen LogP contribution in [0.5, 0.6) is 0 Å². The van der Waals surface area contributed by atoms with Gasteiger partial charge in [0.15, 0.2) is 5.60 Å². The Balaban J connectivity index is 6.05. The summed E-state index contributed by atoms with van der Waals surface area (Å²) < 4.78 is 105. The molecular weight excluding hydrogens is 402 g/mol. The number of rotatable bonds is 11. The molecule has 28 heavy (non-hydrogen) atoms.